The number of ketones is 1. The van der Waals surface area contributed by atoms with Gasteiger partial charge in [-0.3, -0.25) is 4.79 Å². The van der Waals surface area contributed by atoms with E-state index in [1.54, 1.807) is 0 Å². The molecule has 0 fully saturated rings. The summed E-state index contributed by atoms with van der Waals surface area (Å²) in [6.45, 7) is 5.54. The third-order valence-electron chi connectivity index (χ3n) is 2.02. The Balaban J connectivity index is 2.81. The Bertz CT molecular complexity index is 376. The van der Waals surface area contributed by atoms with Gasteiger partial charge in [0.2, 0.25) is 0 Å². The van der Waals surface area contributed by atoms with E-state index >= 15 is 0 Å². The van der Waals surface area contributed by atoms with Crippen LogP contribution in [0.3, 0.4) is 0 Å². The lowest BCUT2D eigenvalue weighted by Crippen LogP contribution is -2.39. The van der Waals surface area contributed by atoms with Gasteiger partial charge >= 0.3 is 0 Å². The van der Waals surface area contributed by atoms with E-state index < -0.39 is 23.0 Å². The number of nitrogens with one attached hydrogen (secondary N) is 1. The van der Waals surface area contributed by atoms with Crippen molar-refractivity contribution < 1.29 is 13.6 Å². The Labute approximate surface area is 93.7 Å². The molecule has 88 valence electrons. The largest absolute Gasteiger partial charge is 0.305 e. The predicted octanol–water partition coefficient (Wildman–Crippen LogP) is 2.54. The third kappa shape index (κ3) is 3.38. The summed E-state index contributed by atoms with van der Waals surface area (Å²) in [6.07, 6.45) is 0. The van der Waals surface area contributed by atoms with Gasteiger partial charge in [0, 0.05) is 5.54 Å². The second-order valence-corrected chi connectivity index (χ2v) is 4.62. The number of rotatable bonds is 3. The minimum atomic E-state index is -0.819. The first-order valence-corrected chi connectivity index (χ1v) is 5.03. The molecule has 4 heteroatoms. The second-order valence-electron chi connectivity index (χ2n) is 4.62. The molecule has 1 aromatic rings. The number of Topliss-reactive ketones (excluding diaryl/α,β-unsaturated/α-hetero) is 1. The monoisotopic (exact) mass is 227 g/mol. The van der Waals surface area contributed by atoms with Gasteiger partial charge in [0.1, 0.15) is 11.6 Å². The third-order valence-corrected chi connectivity index (χ3v) is 2.02. The summed E-state index contributed by atoms with van der Waals surface area (Å²) in [5.41, 5.74) is -0.739. The summed E-state index contributed by atoms with van der Waals surface area (Å²) >= 11 is 0. The predicted molar refractivity (Wildman–Crippen MR) is 58.4 cm³/mol. The summed E-state index contributed by atoms with van der Waals surface area (Å²) in [5.74, 6) is -2.22. The maximum atomic E-state index is 13.2. The van der Waals surface area contributed by atoms with Gasteiger partial charge in [-0.1, -0.05) is 6.07 Å². The molecule has 0 aliphatic carbocycles. The van der Waals surface area contributed by atoms with Crippen LogP contribution in [0.5, 0.6) is 0 Å². The molecular formula is C12H15F2NO. The molecule has 1 rings (SSSR count). The Morgan fingerprint density at radius 2 is 1.75 bits per heavy atom. The van der Waals surface area contributed by atoms with E-state index in [0.717, 1.165) is 12.1 Å². The first-order valence-electron chi connectivity index (χ1n) is 5.03. The van der Waals surface area contributed by atoms with Gasteiger partial charge in [-0.25, -0.2) is 8.78 Å². The first-order chi connectivity index (χ1) is 7.31. The van der Waals surface area contributed by atoms with Gasteiger partial charge < -0.3 is 5.32 Å². The number of carbonyl (C=O) groups excluding carboxylic acids is 1. The summed E-state index contributed by atoms with van der Waals surface area (Å²) in [5, 5.41) is 2.89. The number of carbonyl (C=O) groups is 1. The van der Waals surface area contributed by atoms with E-state index in [1.165, 1.54) is 6.07 Å². The van der Waals surface area contributed by atoms with Gasteiger partial charge in [0.25, 0.3) is 0 Å². The molecular weight excluding hydrogens is 212 g/mol. The van der Waals surface area contributed by atoms with E-state index in [-0.39, 0.29) is 12.1 Å². The zero-order chi connectivity index (χ0) is 12.3. The molecule has 0 aromatic heterocycles. The van der Waals surface area contributed by atoms with E-state index in [9.17, 15) is 13.6 Å². The van der Waals surface area contributed by atoms with E-state index in [1.807, 2.05) is 20.8 Å². The standard InChI is InChI=1S/C12H15F2NO/c1-12(2,3)15-7-10(16)11-8(13)5-4-6-9(11)14/h4-6,15H,7H2,1-3H3. The van der Waals surface area contributed by atoms with Crippen molar-refractivity contribution in [2.75, 3.05) is 6.54 Å². The fourth-order valence-corrected chi connectivity index (χ4v) is 1.20. The van der Waals surface area contributed by atoms with Gasteiger partial charge in [-0.2, -0.15) is 0 Å². The van der Waals surface area contributed by atoms with Crippen LogP contribution in [0.2, 0.25) is 0 Å². The minimum absolute atomic E-state index is 0.0820. The molecule has 0 saturated heterocycles. The Morgan fingerprint density at radius 3 is 2.19 bits per heavy atom. The van der Waals surface area contributed by atoms with Crippen LogP contribution >= 0.6 is 0 Å². The van der Waals surface area contributed by atoms with Crippen molar-refractivity contribution in [1.82, 2.24) is 5.32 Å². The molecule has 0 aliphatic heterocycles. The van der Waals surface area contributed by atoms with Gasteiger partial charge in [-0.15, -0.1) is 0 Å². The molecule has 0 radical (unpaired) electrons. The topological polar surface area (TPSA) is 29.1 Å². The summed E-state index contributed by atoms with van der Waals surface area (Å²) in [7, 11) is 0. The summed E-state index contributed by atoms with van der Waals surface area (Å²) < 4.78 is 26.5. The fourth-order valence-electron chi connectivity index (χ4n) is 1.20. The molecule has 0 unspecified atom stereocenters. The van der Waals surface area contributed by atoms with Crippen molar-refractivity contribution in [3.63, 3.8) is 0 Å². The Morgan fingerprint density at radius 1 is 1.25 bits per heavy atom. The van der Waals surface area contributed by atoms with Crippen LogP contribution < -0.4 is 5.32 Å². The van der Waals surface area contributed by atoms with Gasteiger partial charge in [0.05, 0.1) is 12.1 Å². The molecule has 0 aliphatic rings. The fraction of sp³-hybridized carbons (Fsp3) is 0.417. The Hall–Kier alpha value is -1.29. The highest BCUT2D eigenvalue weighted by Crippen LogP contribution is 2.12. The van der Waals surface area contributed by atoms with Crippen LogP contribution in [0.25, 0.3) is 0 Å². The normalized spacial score (nSPS) is 11.6. The number of hydrogen-bond acceptors (Lipinski definition) is 2. The van der Waals surface area contributed by atoms with Crippen LogP contribution in [0, 0.1) is 11.6 Å². The average molecular weight is 227 g/mol. The highest BCUT2D eigenvalue weighted by molar-refractivity contribution is 5.98. The maximum Gasteiger partial charge on any atom is 0.182 e. The second kappa shape index (κ2) is 4.70. The van der Waals surface area contributed by atoms with Crippen molar-refractivity contribution in [2.45, 2.75) is 26.3 Å². The smallest absolute Gasteiger partial charge is 0.182 e. The first kappa shape index (κ1) is 12.8. The van der Waals surface area contributed by atoms with E-state index in [0.29, 0.717) is 0 Å². The number of halogens is 2. The highest BCUT2D eigenvalue weighted by atomic mass is 19.1. The zero-order valence-electron chi connectivity index (χ0n) is 9.60. The molecule has 0 spiro atoms. The average Bonchev–Trinajstić information content (AvgIpc) is 2.13. The lowest BCUT2D eigenvalue weighted by Gasteiger charge is -2.19. The van der Waals surface area contributed by atoms with E-state index in [2.05, 4.69) is 5.32 Å². The van der Waals surface area contributed by atoms with Crippen LogP contribution in [0.4, 0.5) is 8.78 Å². The summed E-state index contributed by atoms with van der Waals surface area (Å²) in [6, 6.07) is 3.39. The molecule has 0 bridgehead atoms. The Kier molecular flexibility index (Phi) is 3.75. The van der Waals surface area contributed by atoms with Crippen LogP contribution in [-0.4, -0.2) is 17.9 Å². The van der Waals surface area contributed by atoms with E-state index in [4.69, 9.17) is 0 Å². The van der Waals surface area contributed by atoms with Gasteiger partial charge in [-0.05, 0) is 32.9 Å². The molecule has 1 aromatic carbocycles. The lowest BCUT2D eigenvalue weighted by molar-refractivity contribution is 0.0974. The number of benzene rings is 1. The molecule has 16 heavy (non-hydrogen) atoms. The van der Waals surface area contributed by atoms with Crippen molar-refractivity contribution in [1.29, 1.82) is 0 Å². The highest BCUT2D eigenvalue weighted by Gasteiger charge is 2.18. The van der Waals surface area contributed by atoms with Crippen molar-refractivity contribution in [2.24, 2.45) is 0 Å². The van der Waals surface area contributed by atoms with Crippen molar-refractivity contribution in [3.8, 4) is 0 Å². The van der Waals surface area contributed by atoms with Crippen LogP contribution in [0.1, 0.15) is 31.1 Å². The van der Waals surface area contributed by atoms with Crippen LogP contribution in [-0.2, 0) is 0 Å². The lowest BCUT2D eigenvalue weighted by atomic mass is 10.1. The van der Waals surface area contributed by atoms with Gasteiger partial charge in [0.15, 0.2) is 5.78 Å². The SMILES string of the molecule is CC(C)(C)NCC(=O)c1c(F)cccc1F. The zero-order valence-corrected chi connectivity index (χ0v) is 9.60. The maximum absolute atomic E-state index is 13.2. The minimum Gasteiger partial charge on any atom is -0.305 e. The molecule has 0 amide bonds. The van der Waals surface area contributed by atoms with Crippen molar-refractivity contribution in [3.05, 3.63) is 35.4 Å². The summed E-state index contributed by atoms with van der Waals surface area (Å²) in [4.78, 5) is 11.6. The van der Waals surface area contributed by atoms with Crippen molar-refractivity contribution >= 4 is 5.78 Å². The molecule has 0 heterocycles. The molecule has 0 saturated carbocycles. The van der Waals surface area contributed by atoms with Crippen LogP contribution in [0.15, 0.2) is 18.2 Å². The molecule has 0 atom stereocenters. The molecule has 1 N–H and O–H groups in total. The number of hydrogen-bond donors (Lipinski definition) is 1. The molecule has 2 nitrogen and oxygen atoms in total. The quantitative estimate of drug-likeness (QED) is 0.804.